The Hall–Kier alpha value is -0.980. The fourth-order valence-corrected chi connectivity index (χ4v) is 2.87. The maximum absolute atomic E-state index is 6.06. The van der Waals surface area contributed by atoms with Gasteiger partial charge in [-0.1, -0.05) is 51.3 Å². The van der Waals surface area contributed by atoms with Crippen molar-refractivity contribution in [2.45, 2.75) is 58.0 Å². The molecule has 0 saturated heterocycles. The van der Waals surface area contributed by atoms with Crippen molar-refractivity contribution >= 4 is 35.6 Å². The largest absolute Gasteiger partial charge is 0.380 e. The average molecular weight is 430 g/mol. The fraction of sp³-hybridized carbons (Fsp3) is 0.611. The third-order valence-electron chi connectivity index (χ3n) is 4.35. The van der Waals surface area contributed by atoms with Crippen LogP contribution in [-0.2, 0) is 0 Å². The monoisotopic (exact) mass is 430 g/mol. The highest BCUT2D eigenvalue weighted by atomic mass is 127. The molecule has 0 spiro atoms. The molecule has 23 heavy (non-hydrogen) atoms. The zero-order valence-electron chi connectivity index (χ0n) is 14.3. The van der Waals surface area contributed by atoms with Crippen molar-refractivity contribution in [3.63, 3.8) is 0 Å². The van der Waals surface area contributed by atoms with Gasteiger partial charge >= 0.3 is 0 Å². The number of anilines is 1. The minimum Gasteiger partial charge on any atom is -0.380 e. The summed E-state index contributed by atoms with van der Waals surface area (Å²) < 4.78 is 0. The number of nitrogens with zero attached hydrogens (tertiary/aromatic N) is 1. The second kappa shape index (κ2) is 10.7. The SMILES string of the molecule is CC(C)C(CN=C(N)NC1CCCCC1)Nc1ccccc1.I. The van der Waals surface area contributed by atoms with Crippen LogP contribution in [0.5, 0.6) is 0 Å². The van der Waals surface area contributed by atoms with Crippen molar-refractivity contribution in [3.8, 4) is 0 Å². The Labute approximate surface area is 157 Å². The maximum Gasteiger partial charge on any atom is 0.188 e. The van der Waals surface area contributed by atoms with Crippen LogP contribution in [0.4, 0.5) is 5.69 Å². The highest BCUT2D eigenvalue weighted by Crippen LogP contribution is 2.17. The maximum atomic E-state index is 6.06. The minimum atomic E-state index is 0. The van der Waals surface area contributed by atoms with Crippen LogP contribution in [0, 0.1) is 5.92 Å². The van der Waals surface area contributed by atoms with E-state index in [9.17, 15) is 0 Å². The standard InChI is InChI=1S/C18H30N4.HI/c1-14(2)17(21-15-9-5-3-6-10-15)13-20-18(19)22-16-11-7-4-8-12-16;/h3,5-6,9-10,14,16-17,21H,4,7-8,11-13H2,1-2H3,(H3,19,20,22);1H. The van der Waals surface area contributed by atoms with Gasteiger partial charge in [0.25, 0.3) is 0 Å². The van der Waals surface area contributed by atoms with Gasteiger partial charge < -0.3 is 16.4 Å². The smallest absolute Gasteiger partial charge is 0.188 e. The molecule has 1 aromatic rings. The van der Waals surface area contributed by atoms with Crippen molar-refractivity contribution in [1.82, 2.24) is 5.32 Å². The van der Waals surface area contributed by atoms with E-state index >= 15 is 0 Å². The summed E-state index contributed by atoms with van der Waals surface area (Å²) in [4.78, 5) is 4.56. The van der Waals surface area contributed by atoms with Crippen LogP contribution in [0.2, 0.25) is 0 Å². The van der Waals surface area contributed by atoms with E-state index in [-0.39, 0.29) is 30.0 Å². The lowest BCUT2D eigenvalue weighted by Gasteiger charge is -2.24. The van der Waals surface area contributed by atoms with Crippen molar-refractivity contribution < 1.29 is 0 Å². The number of hydrogen-bond acceptors (Lipinski definition) is 2. The van der Waals surface area contributed by atoms with E-state index in [1.165, 1.54) is 32.1 Å². The molecule has 0 heterocycles. The summed E-state index contributed by atoms with van der Waals surface area (Å²) in [5.74, 6) is 1.08. The van der Waals surface area contributed by atoms with E-state index in [1.54, 1.807) is 0 Å². The van der Waals surface area contributed by atoms with Crippen molar-refractivity contribution in [2.75, 3.05) is 11.9 Å². The van der Waals surface area contributed by atoms with E-state index < -0.39 is 0 Å². The molecule has 1 atom stereocenters. The lowest BCUT2D eigenvalue weighted by atomic mass is 9.96. The molecule has 1 aliphatic carbocycles. The van der Waals surface area contributed by atoms with E-state index in [0.717, 1.165) is 5.69 Å². The second-order valence-corrected chi connectivity index (χ2v) is 6.57. The zero-order chi connectivity index (χ0) is 15.8. The van der Waals surface area contributed by atoms with E-state index in [2.05, 4.69) is 41.6 Å². The number of nitrogens with one attached hydrogen (secondary N) is 2. The normalized spacial score (nSPS) is 17.4. The quantitative estimate of drug-likeness (QED) is 0.364. The Kier molecular flexibility index (Phi) is 9.36. The summed E-state index contributed by atoms with van der Waals surface area (Å²) in [6.45, 7) is 5.11. The molecule has 0 radical (unpaired) electrons. The molecular formula is C18H31IN4. The predicted molar refractivity (Wildman–Crippen MR) is 111 cm³/mol. The Morgan fingerprint density at radius 1 is 1.17 bits per heavy atom. The van der Waals surface area contributed by atoms with Crippen molar-refractivity contribution in [1.29, 1.82) is 0 Å². The molecule has 0 bridgehead atoms. The summed E-state index contributed by atoms with van der Waals surface area (Å²) >= 11 is 0. The summed E-state index contributed by atoms with van der Waals surface area (Å²) in [6, 6.07) is 11.1. The molecule has 4 N–H and O–H groups in total. The number of hydrogen-bond donors (Lipinski definition) is 3. The van der Waals surface area contributed by atoms with Crippen LogP contribution in [0.3, 0.4) is 0 Å². The van der Waals surface area contributed by atoms with Gasteiger partial charge in [-0.2, -0.15) is 0 Å². The molecule has 1 saturated carbocycles. The molecule has 1 fully saturated rings. The molecule has 2 rings (SSSR count). The van der Waals surface area contributed by atoms with Gasteiger partial charge in [-0.05, 0) is 30.9 Å². The van der Waals surface area contributed by atoms with Crippen LogP contribution in [0.15, 0.2) is 35.3 Å². The zero-order valence-corrected chi connectivity index (χ0v) is 16.6. The molecule has 0 aliphatic heterocycles. The van der Waals surface area contributed by atoms with Crippen LogP contribution >= 0.6 is 24.0 Å². The van der Waals surface area contributed by atoms with Gasteiger partial charge in [0.1, 0.15) is 0 Å². The Morgan fingerprint density at radius 3 is 2.43 bits per heavy atom. The number of benzene rings is 1. The molecule has 1 unspecified atom stereocenters. The van der Waals surface area contributed by atoms with Crippen LogP contribution < -0.4 is 16.4 Å². The van der Waals surface area contributed by atoms with Gasteiger partial charge in [0, 0.05) is 17.8 Å². The number of guanidine groups is 1. The van der Waals surface area contributed by atoms with Crippen LogP contribution in [0.1, 0.15) is 46.0 Å². The van der Waals surface area contributed by atoms with E-state index in [1.807, 2.05) is 18.2 Å². The summed E-state index contributed by atoms with van der Waals surface area (Å²) in [5, 5.41) is 6.92. The van der Waals surface area contributed by atoms with Gasteiger partial charge in [-0.3, -0.25) is 4.99 Å². The third kappa shape index (κ3) is 7.42. The first kappa shape index (κ1) is 20.1. The lowest BCUT2D eigenvalue weighted by molar-refractivity contribution is 0.412. The molecule has 1 aromatic carbocycles. The first-order valence-electron chi connectivity index (χ1n) is 8.53. The lowest BCUT2D eigenvalue weighted by Crippen LogP contribution is -2.42. The Balaban J connectivity index is 0.00000264. The summed E-state index contributed by atoms with van der Waals surface area (Å²) in [5.41, 5.74) is 7.19. The van der Waals surface area contributed by atoms with Gasteiger partial charge in [-0.25, -0.2) is 0 Å². The van der Waals surface area contributed by atoms with Gasteiger partial charge in [0.15, 0.2) is 5.96 Å². The average Bonchev–Trinajstić information content (AvgIpc) is 2.53. The summed E-state index contributed by atoms with van der Waals surface area (Å²) in [6.07, 6.45) is 6.38. The van der Waals surface area contributed by atoms with E-state index in [4.69, 9.17) is 5.73 Å². The molecule has 5 heteroatoms. The first-order valence-corrected chi connectivity index (χ1v) is 8.53. The number of halogens is 1. The topological polar surface area (TPSA) is 62.4 Å². The summed E-state index contributed by atoms with van der Waals surface area (Å²) in [7, 11) is 0. The highest BCUT2D eigenvalue weighted by Gasteiger charge is 2.15. The molecule has 1 aliphatic rings. The number of rotatable bonds is 6. The fourth-order valence-electron chi connectivity index (χ4n) is 2.87. The number of para-hydroxylation sites is 1. The first-order chi connectivity index (χ1) is 10.6. The molecule has 0 amide bonds. The highest BCUT2D eigenvalue weighted by molar-refractivity contribution is 14.0. The molecule has 130 valence electrons. The third-order valence-corrected chi connectivity index (χ3v) is 4.35. The molecule has 0 aromatic heterocycles. The predicted octanol–water partition coefficient (Wildman–Crippen LogP) is 3.98. The van der Waals surface area contributed by atoms with Crippen molar-refractivity contribution in [2.24, 2.45) is 16.6 Å². The molecular weight excluding hydrogens is 399 g/mol. The van der Waals surface area contributed by atoms with Gasteiger partial charge in [0.2, 0.25) is 0 Å². The minimum absolute atomic E-state index is 0. The second-order valence-electron chi connectivity index (χ2n) is 6.57. The van der Waals surface area contributed by atoms with Crippen LogP contribution in [-0.4, -0.2) is 24.6 Å². The Bertz CT molecular complexity index is 455. The molecule has 4 nitrogen and oxygen atoms in total. The van der Waals surface area contributed by atoms with Gasteiger partial charge in [-0.15, -0.1) is 24.0 Å². The number of nitrogens with two attached hydrogens (primary N) is 1. The van der Waals surface area contributed by atoms with Crippen LogP contribution in [0.25, 0.3) is 0 Å². The van der Waals surface area contributed by atoms with E-state index in [0.29, 0.717) is 24.5 Å². The van der Waals surface area contributed by atoms with Crippen molar-refractivity contribution in [3.05, 3.63) is 30.3 Å². The van der Waals surface area contributed by atoms with Gasteiger partial charge in [0.05, 0.1) is 6.54 Å². The Morgan fingerprint density at radius 2 is 1.83 bits per heavy atom. The number of aliphatic imine (C=N–C) groups is 1.